The molecular weight excluding hydrogens is 256 g/mol. The Balaban J connectivity index is 2.59. The highest BCUT2D eigenvalue weighted by Crippen LogP contribution is 2.24. The molecule has 0 saturated carbocycles. The fourth-order valence-corrected chi connectivity index (χ4v) is 1.85. The van der Waals surface area contributed by atoms with E-state index in [1.54, 1.807) is 19.1 Å². The maximum Gasteiger partial charge on any atom is 0.406 e. The highest BCUT2D eigenvalue weighted by Gasteiger charge is 2.17. The van der Waals surface area contributed by atoms with Gasteiger partial charge in [-0.15, -0.1) is 11.6 Å². The predicted octanol–water partition coefficient (Wildman–Crippen LogP) is 3.33. The molecule has 18 heavy (non-hydrogen) atoms. The van der Waals surface area contributed by atoms with Crippen LogP contribution in [0.2, 0.25) is 0 Å². The van der Waals surface area contributed by atoms with Crippen molar-refractivity contribution in [1.29, 1.82) is 0 Å². The van der Waals surface area contributed by atoms with Crippen LogP contribution < -0.4 is 4.74 Å². The van der Waals surface area contributed by atoms with E-state index in [1.807, 2.05) is 0 Å². The second-order valence-corrected chi connectivity index (χ2v) is 4.63. The molecule has 0 spiro atoms. The van der Waals surface area contributed by atoms with Gasteiger partial charge >= 0.3 is 5.82 Å². The van der Waals surface area contributed by atoms with Crippen molar-refractivity contribution in [1.82, 2.24) is 4.98 Å². The fraction of sp³-hybridized carbons (Fsp3) is 0.583. The summed E-state index contributed by atoms with van der Waals surface area (Å²) in [4.78, 5) is 14.2. The number of nitrogens with zero attached hydrogens (tertiary/aromatic N) is 2. The summed E-state index contributed by atoms with van der Waals surface area (Å²) in [6.07, 6.45) is 1.73. The Morgan fingerprint density at radius 2 is 2.22 bits per heavy atom. The Bertz CT molecular complexity index is 412. The van der Waals surface area contributed by atoms with E-state index in [9.17, 15) is 10.1 Å². The first kappa shape index (κ1) is 14.7. The third kappa shape index (κ3) is 4.49. The number of halogens is 1. The van der Waals surface area contributed by atoms with Gasteiger partial charge < -0.3 is 14.9 Å². The maximum atomic E-state index is 10.8. The van der Waals surface area contributed by atoms with Crippen molar-refractivity contribution in [3.63, 3.8) is 0 Å². The summed E-state index contributed by atoms with van der Waals surface area (Å²) < 4.78 is 5.42. The number of hydrogen-bond donors (Lipinski definition) is 0. The molecule has 0 fully saturated rings. The summed E-state index contributed by atoms with van der Waals surface area (Å²) in [5.41, 5.74) is 0.601. The van der Waals surface area contributed by atoms with Gasteiger partial charge in [0.05, 0.1) is 6.61 Å². The van der Waals surface area contributed by atoms with Crippen molar-refractivity contribution in [2.75, 3.05) is 12.5 Å². The molecule has 100 valence electrons. The highest BCUT2D eigenvalue weighted by molar-refractivity contribution is 6.17. The largest absolute Gasteiger partial charge is 0.486 e. The molecular formula is C12H17ClN2O3. The van der Waals surface area contributed by atoms with Gasteiger partial charge in [0.15, 0.2) is 0 Å². The molecule has 1 aromatic rings. The second kappa shape index (κ2) is 7.16. The van der Waals surface area contributed by atoms with Gasteiger partial charge in [0, 0.05) is 12.8 Å². The summed E-state index contributed by atoms with van der Waals surface area (Å²) in [7, 11) is 0. The van der Waals surface area contributed by atoms with Gasteiger partial charge in [-0.25, -0.2) is 0 Å². The molecule has 0 bridgehead atoms. The Hall–Kier alpha value is -1.36. The number of rotatable bonds is 7. The first-order valence-electron chi connectivity index (χ1n) is 5.85. The molecule has 0 saturated heterocycles. The Morgan fingerprint density at radius 3 is 2.83 bits per heavy atom. The minimum absolute atomic E-state index is 0.222. The molecule has 1 aromatic heterocycles. The zero-order valence-corrected chi connectivity index (χ0v) is 11.3. The number of ether oxygens (including phenoxy) is 1. The maximum absolute atomic E-state index is 10.8. The van der Waals surface area contributed by atoms with Crippen LogP contribution in [0.3, 0.4) is 0 Å². The number of pyridine rings is 1. The molecule has 1 unspecified atom stereocenters. The van der Waals surface area contributed by atoms with Crippen LogP contribution in [0.5, 0.6) is 5.75 Å². The summed E-state index contributed by atoms with van der Waals surface area (Å²) in [5, 5.41) is 10.8. The van der Waals surface area contributed by atoms with Crippen molar-refractivity contribution in [3.8, 4) is 5.75 Å². The lowest BCUT2D eigenvalue weighted by Crippen LogP contribution is -2.07. The number of aryl methyl sites for hydroxylation is 1. The van der Waals surface area contributed by atoms with E-state index in [0.717, 1.165) is 12.8 Å². The van der Waals surface area contributed by atoms with Gasteiger partial charge in [-0.1, -0.05) is 6.92 Å². The average Bonchev–Trinajstić information content (AvgIpc) is 2.31. The topological polar surface area (TPSA) is 65.3 Å². The number of alkyl halides is 1. The van der Waals surface area contributed by atoms with E-state index in [1.165, 1.54) is 0 Å². The molecule has 0 aromatic carbocycles. The molecule has 0 amide bonds. The van der Waals surface area contributed by atoms with Crippen LogP contribution in [0.25, 0.3) is 0 Å². The standard InChI is InChI=1S/C12H17ClN2O3/c1-9(5-7-13)6-8-18-11-4-3-10(2)14-12(11)15(16)17/h3-4,9H,5-8H2,1-2H3. The van der Waals surface area contributed by atoms with Crippen LogP contribution in [0.1, 0.15) is 25.5 Å². The average molecular weight is 273 g/mol. The zero-order chi connectivity index (χ0) is 13.5. The third-order valence-corrected chi connectivity index (χ3v) is 2.84. The second-order valence-electron chi connectivity index (χ2n) is 4.25. The van der Waals surface area contributed by atoms with E-state index in [4.69, 9.17) is 16.3 Å². The Labute approximate surface area is 111 Å². The van der Waals surface area contributed by atoms with Crippen molar-refractivity contribution in [2.45, 2.75) is 26.7 Å². The van der Waals surface area contributed by atoms with E-state index in [-0.39, 0.29) is 11.6 Å². The zero-order valence-electron chi connectivity index (χ0n) is 10.6. The fourth-order valence-electron chi connectivity index (χ4n) is 1.47. The van der Waals surface area contributed by atoms with Gasteiger partial charge in [-0.2, -0.15) is 0 Å². The van der Waals surface area contributed by atoms with Gasteiger partial charge in [0.2, 0.25) is 5.75 Å². The number of aromatic nitrogens is 1. The van der Waals surface area contributed by atoms with Crippen LogP contribution in [0.4, 0.5) is 5.82 Å². The molecule has 0 radical (unpaired) electrons. The smallest absolute Gasteiger partial charge is 0.406 e. The molecule has 1 rings (SSSR count). The van der Waals surface area contributed by atoms with E-state index in [0.29, 0.717) is 24.1 Å². The van der Waals surface area contributed by atoms with Gasteiger partial charge in [-0.05, 0) is 40.8 Å². The van der Waals surface area contributed by atoms with Gasteiger partial charge in [-0.3, -0.25) is 0 Å². The first-order chi connectivity index (χ1) is 8.54. The quantitative estimate of drug-likeness (QED) is 0.434. The van der Waals surface area contributed by atoms with Crippen LogP contribution in [0, 0.1) is 23.0 Å². The third-order valence-electron chi connectivity index (χ3n) is 2.62. The van der Waals surface area contributed by atoms with Crippen LogP contribution in [-0.4, -0.2) is 22.4 Å². The SMILES string of the molecule is Cc1ccc(OCCC(C)CCCl)c([N+](=O)[O-])n1. The van der Waals surface area contributed by atoms with Gasteiger partial charge in [0.1, 0.15) is 5.69 Å². The molecule has 0 aliphatic rings. The van der Waals surface area contributed by atoms with Crippen molar-refractivity contribution in [3.05, 3.63) is 27.9 Å². The van der Waals surface area contributed by atoms with Crippen molar-refractivity contribution in [2.24, 2.45) is 5.92 Å². The molecule has 1 atom stereocenters. The molecule has 1 heterocycles. The lowest BCUT2D eigenvalue weighted by molar-refractivity contribution is -0.390. The molecule has 5 nitrogen and oxygen atoms in total. The highest BCUT2D eigenvalue weighted by atomic mass is 35.5. The monoisotopic (exact) mass is 272 g/mol. The van der Waals surface area contributed by atoms with Crippen molar-refractivity contribution < 1.29 is 9.66 Å². The Morgan fingerprint density at radius 1 is 1.50 bits per heavy atom. The lowest BCUT2D eigenvalue weighted by atomic mass is 10.1. The minimum Gasteiger partial charge on any atom is -0.486 e. The predicted molar refractivity (Wildman–Crippen MR) is 70.2 cm³/mol. The first-order valence-corrected chi connectivity index (χ1v) is 6.39. The molecule has 0 aliphatic heterocycles. The van der Waals surface area contributed by atoms with Crippen LogP contribution >= 0.6 is 11.6 Å². The summed E-state index contributed by atoms with van der Waals surface area (Å²) in [5.74, 6) is 1.07. The number of nitro groups is 1. The van der Waals surface area contributed by atoms with E-state index >= 15 is 0 Å². The molecule has 6 heteroatoms. The molecule has 0 N–H and O–H groups in total. The summed E-state index contributed by atoms with van der Waals surface area (Å²) in [6, 6.07) is 3.29. The summed E-state index contributed by atoms with van der Waals surface area (Å²) in [6.45, 7) is 4.22. The van der Waals surface area contributed by atoms with Gasteiger partial charge in [0.25, 0.3) is 0 Å². The van der Waals surface area contributed by atoms with Crippen molar-refractivity contribution >= 4 is 17.4 Å². The molecule has 0 aliphatic carbocycles. The number of hydrogen-bond acceptors (Lipinski definition) is 4. The van der Waals surface area contributed by atoms with E-state index < -0.39 is 4.92 Å². The van der Waals surface area contributed by atoms with E-state index in [2.05, 4.69) is 11.9 Å². The van der Waals surface area contributed by atoms with Crippen LogP contribution in [-0.2, 0) is 0 Å². The van der Waals surface area contributed by atoms with Crippen LogP contribution in [0.15, 0.2) is 12.1 Å². The lowest BCUT2D eigenvalue weighted by Gasteiger charge is -2.10. The normalized spacial score (nSPS) is 12.2. The minimum atomic E-state index is -0.523. The Kier molecular flexibility index (Phi) is 5.85. The summed E-state index contributed by atoms with van der Waals surface area (Å²) >= 11 is 5.64.